The third kappa shape index (κ3) is 5.18. The van der Waals surface area contributed by atoms with E-state index >= 15 is 0 Å². The zero-order valence-electron chi connectivity index (χ0n) is 22.3. The zero-order valence-corrected chi connectivity index (χ0v) is 24.7. The molecule has 0 fully saturated rings. The molecule has 0 spiro atoms. The van der Waals surface area contributed by atoms with Crippen molar-refractivity contribution in [2.24, 2.45) is 0 Å². The van der Waals surface area contributed by atoms with Gasteiger partial charge in [0.15, 0.2) is 22.1 Å². The number of carbonyl (C=O) groups is 2. The van der Waals surface area contributed by atoms with Crippen LogP contribution in [0.1, 0.15) is 50.0 Å². The number of nitrogens with zero attached hydrogens (tertiary/aromatic N) is 2. The summed E-state index contributed by atoms with van der Waals surface area (Å²) in [6, 6.07) is 9.30. The Morgan fingerprint density at radius 2 is 1.90 bits per heavy atom. The third-order valence-electron chi connectivity index (χ3n) is 6.28. The molecule has 4 aromatic rings. The van der Waals surface area contributed by atoms with Gasteiger partial charge in [-0.3, -0.25) is 14.5 Å². The molecule has 0 bridgehead atoms. The van der Waals surface area contributed by atoms with E-state index in [4.69, 9.17) is 18.6 Å². The maximum atomic E-state index is 14.0. The van der Waals surface area contributed by atoms with Crippen LogP contribution in [0.2, 0.25) is 0 Å². The Labute approximate surface area is 247 Å². The summed E-state index contributed by atoms with van der Waals surface area (Å²) in [5.74, 6) is -0.318. The number of ether oxygens (including phenoxy) is 3. The molecule has 0 saturated heterocycles. The van der Waals surface area contributed by atoms with Gasteiger partial charge >= 0.3 is 5.97 Å². The molecular weight excluding hydrogens is 612 g/mol. The molecule has 2 aromatic heterocycles. The van der Waals surface area contributed by atoms with Crippen LogP contribution < -0.4 is 19.8 Å². The predicted octanol–water partition coefficient (Wildman–Crippen LogP) is 6.38. The van der Waals surface area contributed by atoms with Crippen LogP contribution in [0.15, 0.2) is 75.4 Å². The van der Waals surface area contributed by atoms with Gasteiger partial charge in [0, 0.05) is 4.47 Å². The van der Waals surface area contributed by atoms with Crippen LogP contribution in [0.4, 0.5) is 5.13 Å². The van der Waals surface area contributed by atoms with Crippen LogP contribution >= 0.6 is 27.3 Å². The predicted molar refractivity (Wildman–Crippen MR) is 159 cm³/mol. The first kappa shape index (κ1) is 28.3. The average Bonchev–Trinajstić information content (AvgIpc) is 3.48. The van der Waals surface area contributed by atoms with Gasteiger partial charge in [-0.2, -0.15) is 0 Å². The van der Waals surface area contributed by atoms with Crippen molar-refractivity contribution in [2.75, 3.05) is 24.7 Å². The lowest BCUT2D eigenvalue weighted by Crippen LogP contribution is -2.29. The first-order chi connectivity index (χ1) is 19.8. The van der Waals surface area contributed by atoms with Crippen LogP contribution in [-0.4, -0.2) is 36.7 Å². The highest BCUT2D eigenvalue weighted by Crippen LogP contribution is 2.45. The lowest BCUT2D eigenvalue weighted by Gasteiger charge is -2.23. The fraction of sp³-hybridized carbons (Fsp3) is 0.200. The van der Waals surface area contributed by atoms with Gasteiger partial charge in [0.05, 0.1) is 29.3 Å². The SMILES string of the molecule is C=CCOC(=O)c1sc(N2C(=O)c3oc4ccc(Br)cc4c(=O)c3C2c2ccc(OCC=C)c(OCC)c2)nc1C. The molecule has 0 aliphatic carbocycles. The monoisotopic (exact) mass is 636 g/mol. The standard InChI is InChI=1S/C30H25BrN2O7S/c1-5-12-38-21-10-8-17(14-22(21)37-7-3)24-23-25(34)19-15-18(31)9-11-20(19)40-26(23)28(35)33(24)30-32-16(4)27(41-30)29(36)39-13-6-2/h5-6,8-11,14-15,24H,1-2,7,12-13H2,3-4H3. The van der Waals surface area contributed by atoms with Crippen molar-refractivity contribution in [1.82, 2.24) is 4.98 Å². The first-order valence-corrected chi connectivity index (χ1v) is 14.3. The summed E-state index contributed by atoms with van der Waals surface area (Å²) in [4.78, 5) is 46.8. The molecule has 5 rings (SSSR count). The van der Waals surface area contributed by atoms with Crippen molar-refractivity contribution < 1.29 is 28.2 Å². The topological polar surface area (TPSA) is 108 Å². The van der Waals surface area contributed by atoms with Gasteiger partial charge in [-0.15, -0.1) is 0 Å². The maximum Gasteiger partial charge on any atom is 0.350 e. The number of fused-ring (bicyclic) bond motifs is 2. The summed E-state index contributed by atoms with van der Waals surface area (Å²) in [5.41, 5.74) is 1.03. The van der Waals surface area contributed by atoms with Crippen molar-refractivity contribution in [3.8, 4) is 11.5 Å². The molecule has 1 aliphatic heterocycles. The number of thiazole rings is 1. The van der Waals surface area contributed by atoms with Crippen LogP contribution in [-0.2, 0) is 4.74 Å². The molecular formula is C30H25BrN2O7S. The summed E-state index contributed by atoms with van der Waals surface area (Å²) in [5, 5.41) is 0.529. The molecule has 41 heavy (non-hydrogen) atoms. The maximum absolute atomic E-state index is 14.0. The first-order valence-electron chi connectivity index (χ1n) is 12.6. The molecule has 1 aliphatic rings. The minimum atomic E-state index is -0.924. The Hall–Kier alpha value is -4.22. The zero-order chi connectivity index (χ0) is 29.3. The van der Waals surface area contributed by atoms with Crippen molar-refractivity contribution in [2.45, 2.75) is 19.9 Å². The summed E-state index contributed by atoms with van der Waals surface area (Å²) in [6.45, 7) is 11.4. The molecule has 0 N–H and O–H groups in total. The van der Waals surface area contributed by atoms with E-state index in [1.165, 1.54) is 11.0 Å². The van der Waals surface area contributed by atoms with Gasteiger partial charge in [-0.1, -0.05) is 58.6 Å². The van der Waals surface area contributed by atoms with E-state index in [0.29, 0.717) is 39.2 Å². The van der Waals surface area contributed by atoms with Crippen LogP contribution in [0.25, 0.3) is 11.0 Å². The van der Waals surface area contributed by atoms with Crippen molar-refractivity contribution in [1.29, 1.82) is 0 Å². The van der Waals surface area contributed by atoms with E-state index < -0.39 is 17.9 Å². The molecule has 9 nitrogen and oxygen atoms in total. The van der Waals surface area contributed by atoms with Gasteiger partial charge in [-0.25, -0.2) is 9.78 Å². The molecule has 2 aromatic carbocycles. The lowest BCUT2D eigenvalue weighted by molar-refractivity contribution is 0.0554. The number of hydrogen-bond acceptors (Lipinski definition) is 9. The summed E-state index contributed by atoms with van der Waals surface area (Å²) in [6.07, 6.45) is 3.08. The number of rotatable bonds is 10. The van der Waals surface area contributed by atoms with Crippen LogP contribution in [0.3, 0.4) is 0 Å². The second kappa shape index (κ2) is 11.7. The number of amides is 1. The number of aryl methyl sites for hydroxylation is 1. The molecule has 1 amide bonds. The van der Waals surface area contributed by atoms with Gasteiger partial charge < -0.3 is 18.6 Å². The van der Waals surface area contributed by atoms with Gasteiger partial charge in [0.2, 0.25) is 5.76 Å². The van der Waals surface area contributed by atoms with Crippen molar-refractivity contribution >= 4 is 55.2 Å². The Kier molecular flexibility index (Phi) is 8.09. The Bertz CT molecular complexity index is 1760. The van der Waals surface area contributed by atoms with E-state index in [0.717, 1.165) is 11.3 Å². The molecule has 210 valence electrons. The molecule has 11 heteroatoms. The highest BCUT2D eigenvalue weighted by atomic mass is 79.9. The minimum Gasteiger partial charge on any atom is -0.490 e. The summed E-state index contributed by atoms with van der Waals surface area (Å²) < 4.78 is 23.5. The second-order valence-corrected chi connectivity index (χ2v) is 10.8. The molecule has 1 unspecified atom stereocenters. The van der Waals surface area contributed by atoms with E-state index in [9.17, 15) is 14.4 Å². The van der Waals surface area contributed by atoms with E-state index in [1.54, 1.807) is 49.4 Å². The smallest absolute Gasteiger partial charge is 0.350 e. The minimum absolute atomic E-state index is 0.0310. The van der Waals surface area contributed by atoms with E-state index in [-0.39, 0.29) is 45.6 Å². The number of anilines is 1. The normalized spacial score (nSPS) is 14.2. The van der Waals surface area contributed by atoms with E-state index in [2.05, 4.69) is 34.1 Å². The Morgan fingerprint density at radius 1 is 1.12 bits per heavy atom. The largest absolute Gasteiger partial charge is 0.490 e. The lowest BCUT2D eigenvalue weighted by atomic mass is 9.98. The average molecular weight is 638 g/mol. The van der Waals surface area contributed by atoms with Crippen LogP contribution in [0.5, 0.6) is 11.5 Å². The van der Waals surface area contributed by atoms with Gasteiger partial charge in [0.1, 0.15) is 23.7 Å². The Morgan fingerprint density at radius 3 is 2.63 bits per heavy atom. The van der Waals surface area contributed by atoms with Crippen molar-refractivity contribution in [3.05, 3.63) is 104 Å². The van der Waals surface area contributed by atoms with Crippen molar-refractivity contribution in [3.63, 3.8) is 0 Å². The number of aromatic nitrogens is 1. The number of halogens is 1. The second-order valence-electron chi connectivity index (χ2n) is 8.93. The van der Waals surface area contributed by atoms with Crippen LogP contribution in [0, 0.1) is 6.92 Å². The summed E-state index contributed by atoms with van der Waals surface area (Å²) >= 11 is 4.41. The quantitative estimate of drug-likeness (QED) is 0.146. The molecule has 3 heterocycles. The fourth-order valence-corrected chi connectivity index (χ4v) is 5.91. The number of carbonyl (C=O) groups excluding carboxylic acids is 2. The number of benzene rings is 2. The number of hydrogen-bond donors (Lipinski definition) is 0. The molecule has 1 atom stereocenters. The number of esters is 1. The van der Waals surface area contributed by atoms with Gasteiger partial charge in [0.25, 0.3) is 5.91 Å². The fourth-order valence-electron chi connectivity index (χ4n) is 4.56. The third-order valence-corrected chi connectivity index (χ3v) is 7.91. The van der Waals surface area contributed by atoms with Gasteiger partial charge in [-0.05, 0) is 49.7 Å². The summed E-state index contributed by atoms with van der Waals surface area (Å²) in [7, 11) is 0. The highest BCUT2D eigenvalue weighted by Gasteiger charge is 2.45. The molecule has 0 radical (unpaired) electrons. The molecule has 0 saturated carbocycles. The van der Waals surface area contributed by atoms with E-state index in [1.807, 2.05) is 6.92 Å². The highest BCUT2D eigenvalue weighted by molar-refractivity contribution is 9.10. The Balaban J connectivity index is 1.72.